The van der Waals surface area contributed by atoms with Crippen LogP contribution in [0.15, 0.2) is 0 Å². The van der Waals surface area contributed by atoms with Gasteiger partial charge in [0.1, 0.15) is 0 Å². The Labute approximate surface area is 89.0 Å². The van der Waals surface area contributed by atoms with Gasteiger partial charge < -0.3 is 16.2 Å². The van der Waals surface area contributed by atoms with E-state index in [2.05, 4.69) is 5.32 Å². The van der Waals surface area contributed by atoms with Gasteiger partial charge in [0.25, 0.3) is 0 Å². The number of aliphatic carboxylic acids is 1. The Hall–Kier alpha value is -1.10. The van der Waals surface area contributed by atoms with Crippen molar-refractivity contribution in [1.29, 1.82) is 0 Å². The fourth-order valence-electron chi connectivity index (χ4n) is 1.83. The highest BCUT2D eigenvalue weighted by atomic mass is 16.4. The van der Waals surface area contributed by atoms with Gasteiger partial charge in [0.15, 0.2) is 0 Å². The minimum atomic E-state index is -0.800. The Morgan fingerprint density at radius 3 is 2.27 bits per heavy atom. The number of nitrogens with one attached hydrogen (secondary N) is 1. The Bertz CT molecular complexity index is 265. The zero-order valence-electron chi connectivity index (χ0n) is 9.06. The van der Waals surface area contributed by atoms with Gasteiger partial charge in [0, 0.05) is 6.04 Å². The summed E-state index contributed by atoms with van der Waals surface area (Å²) in [6.07, 6.45) is 1.48. The van der Waals surface area contributed by atoms with Crippen molar-refractivity contribution in [3.8, 4) is 0 Å². The molecule has 0 saturated heterocycles. The van der Waals surface area contributed by atoms with Crippen LogP contribution >= 0.6 is 0 Å². The van der Waals surface area contributed by atoms with E-state index >= 15 is 0 Å². The number of rotatable bonds is 5. The second-order valence-corrected chi connectivity index (χ2v) is 4.42. The summed E-state index contributed by atoms with van der Waals surface area (Å²) in [4.78, 5) is 21.9. The maximum absolute atomic E-state index is 11.1. The summed E-state index contributed by atoms with van der Waals surface area (Å²) in [5.41, 5.74) is 5.24. The zero-order valence-corrected chi connectivity index (χ0v) is 9.06. The largest absolute Gasteiger partial charge is 0.481 e. The summed E-state index contributed by atoms with van der Waals surface area (Å²) in [5, 5.41) is 11.9. The van der Waals surface area contributed by atoms with Gasteiger partial charge >= 0.3 is 5.97 Å². The van der Waals surface area contributed by atoms with E-state index in [-0.39, 0.29) is 17.9 Å². The molecule has 5 nitrogen and oxygen atoms in total. The minimum absolute atomic E-state index is 0.0811. The lowest BCUT2D eigenvalue weighted by molar-refractivity contribution is -0.146. The van der Waals surface area contributed by atoms with E-state index in [0.717, 1.165) is 6.42 Å². The van der Waals surface area contributed by atoms with Crippen molar-refractivity contribution in [1.82, 2.24) is 5.32 Å². The van der Waals surface area contributed by atoms with Gasteiger partial charge in [-0.05, 0) is 18.8 Å². The van der Waals surface area contributed by atoms with Crippen LogP contribution in [0, 0.1) is 11.8 Å². The number of carbonyl (C=O) groups excluding carboxylic acids is 1. The maximum Gasteiger partial charge on any atom is 0.308 e. The predicted octanol–water partition coefficient (Wildman–Crippen LogP) is -0.0509. The number of amides is 1. The number of nitrogens with two attached hydrogens (primary N) is 1. The average molecular weight is 214 g/mol. The highest BCUT2D eigenvalue weighted by molar-refractivity contribution is 5.80. The number of primary amides is 1. The SMILES string of the molecule is CC(C)C(NC1CCC1C(=O)O)C(N)=O. The highest BCUT2D eigenvalue weighted by Crippen LogP contribution is 2.28. The van der Waals surface area contributed by atoms with Crippen LogP contribution < -0.4 is 11.1 Å². The molecule has 1 aliphatic rings. The van der Waals surface area contributed by atoms with Crippen molar-refractivity contribution in [2.45, 2.75) is 38.8 Å². The van der Waals surface area contributed by atoms with Crippen molar-refractivity contribution in [3.63, 3.8) is 0 Å². The van der Waals surface area contributed by atoms with Gasteiger partial charge in [-0.15, -0.1) is 0 Å². The van der Waals surface area contributed by atoms with Crippen LogP contribution in [0.4, 0.5) is 0 Å². The monoisotopic (exact) mass is 214 g/mol. The van der Waals surface area contributed by atoms with Crippen molar-refractivity contribution in [2.24, 2.45) is 17.6 Å². The molecule has 1 aliphatic carbocycles. The smallest absolute Gasteiger partial charge is 0.308 e. The molecule has 0 aromatic heterocycles. The van der Waals surface area contributed by atoms with Gasteiger partial charge in [-0.3, -0.25) is 9.59 Å². The van der Waals surface area contributed by atoms with E-state index in [0.29, 0.717) is 6.42 Å². The molecule has 0 aromatic carbocycles. The van der Waals surface area contributed by atoms with Gasteiger partial charge in [0.2, 0.25) is 5.91 Å². The number of carboxylic acids is 1. The predicted molar refractivity (Wildman–Crippen MR) is 55.1 cm³/mol. The van der Waals surface area contributed by atoms with Crippen LogP contribution in [0.5, 0.6) is 0 Å². The summed E-state index contributed by atoms with van der Waals surface area (Å²) in [6.45, 7) is 3.77. The molecule has 4 N–H and O–H groups in total. The van der Waals surface area contributed by atoms with Crippen LogP contribution in [0.25, 0.3) is 0 Å². The van der Waals surface area contributed by atoms with Gasteiger partial charge in [-0.2, -0.15) is 0 Å². The molecule has 0 spiro atoms. The Morgan fingerprint density at radius 2 is 2.00 bits per heavy atom. The normalized spacial score (nSPS) is 27.1. The third-order valence-corrected chi connectivity index (χ3v) is 2.96. The van der Waals surface area contributed by atoms with E-state index in [1.165, 1.54) is 0 Å². The van der Waals surface area contributed by atoms with Gasteiger partial charge in [-0.1, -0.05) is 13.8 Å². The third-order valence-electron chi connectivity index (χ3n) is 2.96. The molecule has 0 radical (unpaired) electrons. The van der Waals surface area contributed by atoms with E-state index < -0.39 is 17.9 Å². The topological polar surface area (TPSA) is 92.4 Å². The third kappa shape index (κ3) is 2.68. The number of hydrogen-bond acceptors (Lipinski definition) is 3. The molecule has 15 heavy (non-hydrogen) atoms. The standard InChI is InChI=1S/C10H18N2O3/c1-5(2)8(9(11)13)12-7-4-3-6(7)10(14)15/h5-8,12H,3-4H2,1-2H3,(H2,11,13)(H,14,15). The second kappa shape index (κ2) is 4.61. The van der Waals surface area contributed by atoms with E-state index in [4.69, 9.17) is 10.8 Å². The minimum Gasteiger partial charge on any atom is -0.481 e. The Kier molecular flexibility index (Phi) is 3.68. The molecule has 3 unspecified atom stereocenters. The zero-order chi connectivity index (χ0) is 11.6. The van der Waals surface area contributed by atoms with E-state index in [9.17, 15) is 9.59 Å². The van der Waals surface area contributed by atoms with Crippen molar-refractivity contribution >= 4 is 11.9 Å². The fraction of sp³-hybridized carbons (Fsp3) is 0.800. The van der Waals surface area contributed by atoms with Crippen LogP contribution in [-0.4, -0.2) is 29.1 Å². The van der Waals surface area contributed by atoms with Crippen LogP contribution in [-0.2, 0) is 9.59 Å². The first-order chi connectivity index (χ1) is 6.93. The first-order valence-electron chi connectivity index (χ1n) is 5.21. The van der Waals surface area contributed by atoms with Gasteiger partial charge in [-0.25, -0.2) is 0 Å². The molecule has 1 rings (SSSR count). The average Bonchev–Trinajstić information content (AvgIpc) is 1.99. The molecule has 86 valence electrons. The quantitative estimate of drug-likeness (QED) is 0.598. The van der Waals surface area contributed by atoms with Crippen LogP contribution in [0.1, 0.15) is 26.7 Å². The number of carbonyl (C=O) groups is 2. The first kappa shape index (κ1) is 12.0. The summed E-state index contributed by atoms with van der Waals surface area (Å²) in [5.74, 6) is -1.50. The number of hydrogen-bond donors (Lipinski definition) is 3. The van der Waals surface area contributed by atoms with Crippen LogP contribution in [0.3, 0.4) is 0 Å². The molecule has 0 bridgehead atoms. The molecule has 1 amide bonds. The number of carboxylic acid groups (broad SMARTS) is 1. The molecule has 0 aliphatic heterocycles. The summed E-state index contributed by atoms with van der Waals surface area (Å²) >= 11 is 0. The van der Waals surface area contributed by atoms with Crippen LogP contribution in [0.2, 0.25) is 0 Å². The fourth-order valence-corrected chi connectivity index (χ4v) is 1.83. The summed E-state index contributed by atoms with van der Waals surface area (Å²) < 4.78 is 0. The lowest BCUT2D eigenvalue weighted by atomic mass is 9.78. The lowest BCUT2D eigenvalue weighted by Crippen LogP contribution is -2.56. The van der Waals surface area contributed by atoms with Crippen molar-refractivity contribution in [2.75, 3.05) is 0 Å². The Balaban J connectivity index is 2.52. The summed E-state index contributed by atoms with van der Waals surface area (Å²) in [6, 6.07) is -0.542. The molecular formula is C10H18N2O3. The van der Waals surface area contributed by atoms with Gasteiger partial charge in [0.05, 0.1) is 12.0 Å². The maximum atomic E-state index is 11.1. The first-order valence-corrected chi connectivity index (χ1v) is 5.21. The highest BCUT2D eigenvalue weighted by Gasteiger charge is 2.38. The van der Waals surface area contributed by atoms with Crippen molar-refractivity contribution in [3.05, 3.63) is 0 Å². The molecule has 5 heteroatoms. The molecule has 0 aromatic rings. The molecule has 1 fully saturated rings. The van der Waals surface area contributed by atoms with E-state index in [1.807, 2.05) is 13.8 Å². The van der Waals surface area contributed by atoms with E-state index in [1.54, 1.807) is 0 Å². The molecule has 1 saturated carbocycles. The second-order valence-electron chi connectivity index (χ2n) is 4.42. The lowest BCUT2D eigenvalue weighted by Gasteiger charge is -2.37. The molecular weight excluding hydrogens is 196 g/mol. The molecule has 3 atom stereocenters. The summed E-state index contributed by atoms with van der Waals surface area (Å²) in [7, 11) is 0. The molecule has 0 heterocycles. The Morgan fingerprint density at radius 1 is 1.40 bits per heavy atom. The van der Waals surface area contributed by atoms with Crippen molar-refractivity contribution < 1.29 is 14.7 Å².